The molecule has 0 heterocycles. The van der Waals surface area contributed by atoms with Crippen molar-refractivity contribution in [3.05, 3.63) is 41.7 Å². The minimum atomic E-state index is -0.396. The Morgan fingerprint density at radius 1 is 1.04 bits per heavy atom. The summed E-state index contributed by atoms with van der Waals surface area (Å²) in [5, 5.41) is 9.75. The van der Waals surface area contributed by atoms with Crippen LogP contribution in [0.1, 0.15) is 12.5 Å². The van der Waals surface area contributed by atoms with Gasteiger partial charge in [-0.1, -0.05) is 0 Å². The molecule has 2 rings (SSSR count). The molecule has 0 atom stereocenters. The molecule has 0 spiro atoms. The highest BCUT2D eigenvalue weighted by Gasteiger charge is 2.17. The summed E-state index contributed by atoms with van der Waals surface area (Å²) in [5.74, 6) is 1.19. The van der Waals surface area contributed by atoms with Crippen LogP contribution in [0.4, 0.5) is 0 Å². The maximum absolute atomic E-state index is 11.2. The minimum absolute atomic E-state index is 0.0943. The number of rotatable bonds is 3. The maximum Gasteiger partial charge on any atom is 0.308 e. The van der Waals surface area contributed by atoms with Crippen LogP contribution in [0.3, 0.4) is 0 Å². The van der Waals surface area contributed by atoms with Gasteiger partial charge in [0.05, 0.1) is 17.9 Å². The molecule has 1 N–H and O–H groups in total. The van der Waals surface area contributed by atoms with Crippen LogP contribution in [0.15, 0.2) is 36.1 Å². The fourth-order valence-electron chi connectivity index (χ4n) is 1.75. The first-order valence-electron chi connectivity index (χ1n) is 6.23. The van der Waals surface area contributed by atoms with Crippen molar-refractivity contribution in [3.63, 3.8) is 0 Å². The molecule has 122 valence electrons. The van der Waals surface area contributed by atoms with E-state index < -0.39 is 5.97 Å². The van der Waals surface area contributed by atoms with Crippen LogP contribution < -0.4 is 9.47 Å². The molecule has 0 unspecified atom stereocenters. The summed E-state index contributed by atoms with van der Waals surface area (Å²) in [6, 6.07) is 4.96. The second kappa shape index (κ2) is 7.55. The van der Waals surface area contributed by atoms with Gasteiger partial charge >= 0.3 is 5.97 Å². The van der Waals surface area contributed by atoms with Crippen molar-refractivity contribution < 1.29 is 19.4 Å². The first kappa shape index (κ1) is 18.8. The molecule has 0 saturated carbocycles. The predicted octanol–water partition coefficient (Wildman–Crippen LogP) is 6.47. The van der Waals surface area contributed by atoms with Gasteiger partial charge in [-0.25, -0.2) is 0 Å². The van der Waals surface area contributed by atoms with Gasteiger partial charge in [-0.3, -0.25) is 4.79 Å². The van der Waals surface area contributed by atoms with E-state index in [0.717, 1.165) is 5.56 Å². The normalized spacial score (nSPS) is 10.5. The van der Waals surface area contributed by atoms with E-state index in [4.69, 9.17) is 9.47 Å². The lowest BCUT2D eigenvalue weighted by molar-refractivity contribution is -0.131. The van der Waals surface area contributed by atoms with E-state index in [9.17, 15) is 9.90 Å². The number of esters is 1. The number of benzene rings is 2. The summed E-state index contributed by atoms with van der Waals surface area (Å²) in [5.41, 5.74) is 0.732. The zero-order valence-electron chi connectivity index (χ0n) is 11.9. The molecule has 2 aromatic rings. The summed E-state index contributed by atoms with van der Waals surface area (Å²) in [4.78, 5) is 11.2. The number of phenols is 1. The molecule has 0 amide bonds. The average Bonchev–Trinajstić information content (AvgIpc) is 2.46. The van der Waals surface area contributed by atoms with Gasteiger partial charge in [0.15, 0.2) is 5.75 Å². The molecule has 0 bridgehead atoms. The fourth-order valence-corrected chi connectivity index (χ4v) is 4.13. The van der Waals surface area contributed by atoms with Crippen LogP contribution in [-0.2, 0) is 4.79 Å². The zero-order chi connectivity index (χ0) is 17.3. The summed E-state index contributed by atoms with van der Waals surface area (Å²) in [6.07, 6.45) is 0. The number of hydrogen-bond acceptors (Lipinski definition) is 4. The van der Waals surface area contributed by atoms with Crippen molar-refractivity contribution >= 4 is 69.7 Å². The second-order valence-corrected chi connectivity index (χ2v) is 7.91. The van der Waals surface area contributed by atoms with Gasteiger partial charge in [0.2, 0.25) is 0 Å². The van der Waals surface area contributed by atoms with E-state index in [1.807, 2.05) is 6.92 Å². The molecule has 0 fully saturated rings. The number of carbonyl (C=O) groups excluding carboxylic acids is 1. The van der Waals surface area contributed by atoms with Crippen LogP contribution >= 0.6 is 63.7 Å². The van der Waals surface area contributed by atoms with Crippen molar-refractivity contribution in [1.82, 2.24) is 0 Å². The first-order chi connectivity index (χ1) is 10.7. The molecule has 23 heavy (non-hydrogen) atoms. The highest BCUT2D eigenvalue weighted by Crippen LogP contribution is 2.45. The molecular weight excluding hydrogens is 564 g/mol. The van der Waals surface area contributed by atoms with Crippen molar-refractivity contribution in [2.45, 2.75) is 13.8 Å². The summed E-state index contributed by atoms with van der Waals surface area (Å²) in [6.45, 7) is 3.15. The van der Waals surface area contributed by atoms with Crippen molar-refractivity contribution in [1.29, 1.82) is 0 Å². The van der Waals surface area contributed by atoms with Crippen LogP contribution in [0, 0.1) is 6.92 Å². The Morgan fingerprint density at radius 2 is 1.61 bits per heavy atom. The van der Waals surface area contributed by atoms with Gasteiger partial charge in [-0.2, -0.15) is 0 Å². The van der Waals surface area contributed by atoms with Crippen molar-refractivity contribution in [2.24, 2.45) is 0 Å². The van der Waals surface area contributed by atoms with Gasteiger partial charge in [0, 0.05) is 12.5 Å². The van der Waals surface area contributed by atoms with E-state index >= 15 is 0 Å². The Balaban J connectivity index is 2.45. The van der Waals surface area contributed by atoms with Crippen LogP contribution in [0.25, 0.3) is 0 Å². The molecular formula is C15H10Br4O4. The highest BCUT2D eigenvalue weighted by molar-refractivity contribution is 9.11. The zero-order valence-corrected chi connectivity index (χ0v) is 18.3. The lowest BCUT2D eigenvalue weighted by Gasteiger charge is -2.15. The lowest BCUT2D eigenvalue weighted by Crippen LogP contribution is -2.03. The van der Waals surface area contributed by atoms with E-state index in [-0.39, 0.29) is 5.75 Å². The number of hydrogen-bond donors (Lipinski definition) is 1. The van der Waals surface area contributed by atoms with Gasteiger partial charge in [-0.05, 0) is 88.8 Å². The standard InChI is InChI=1S/C15H10Br4O4/c1-6-12(22-7(2)20)5-11(18)15(13(6)19)23-8-3-9(16)14(21)10(17)4-8/h3-5,21H,1-2H3. The Hall–Kier alpha value is -0.570. The summed E-state index contributed by atoms with van der Waals surface area (Å²) in [7, 11) is 0. The quantitative estimate of drug-likeness (QED) is 0.338. The third-order valence-corrected chi connectivity index (χ3v) is 5.59. The second-order valence-electron chi connectivity index (χ2n) is 4.56. The van der Waals surface area contributed by atoms with Crippen molar-refractivity contribution in [3.8, 4) is 23.0 Å². The van der Waals surface area contributed by atoms with E-state index in [0.29, 0.717) is 35.1 Å². The van der Waals surface area contributed by atoms with E-state index in [1.54, 1.807) is 18.2 Å². The molecule has 0 saturated heterocycles. The SMILES string of the molecule is CC(=O)Oc1cc(Br)c(Oc2cc(Br)c(O)c(Br)c2)c(Br)c1C. The molecule has 2 aromatic carbocycles. The first-order valence-corrected chi connectivity index (χ1v) is 9.40. The third kappa shape index (κ3) is 4.29. The van der Waals surface area contributed by atoms with E-state index in [2.05, 4.69) is 63.7 Å². The Morgan fingerprint density at radius 3 is 2.13 bits per heavy atom. The highest BCUT2D eigenvalue weighted by atomic mass is 79.9. The van der Waals surface area contributed by atoms with Crippen LogP contribution in [0.2, 0.25) is 0 Å². The smallest absolute Gasteiger partial charge is 0.308 e. The molecule has 0 aliphatic rings. The average molecular weight is 574 g/mol. The fraction of sp³-hybridized carbons (Fsp3) is 0.133. The number of carbonyl (C=O) groups is 1. The molecule has 0 radical (unpaired) electrons. The largest absolute Gasteiger partial charge is 0.506 e. The molecule has 4 nitrogen and oxygen atoms in total. The van der Waals surface area contributed by atoms with E-state index in [1.165, 1.54) is 6.92 Å². The third-order valence-electron chi connectivity index (χ3n) is 2.84. The maximum atomic E-state index is 11.2. The molecule has 8 heteroatoms. The Labute approximate surface area is 166 Å². The number of phenolic OH excluding ortho intramolecular Hbond substituents is 1. The number of ether oxygens (including phenoxy) is 2. The van der Waals surface area contributed by atoms with Gasteiger partial charge in [-0.15, -0.1) is 0 Å². The monoisotopic (exact) mass is 570 g/mol. The number of halogens is 4. The molecule has 0 aliphatic heterocycles. The summed E-state index contributed by atoms with van der Waals surface area (Å²) < 4.78 is 13.3. The number of aromatic hydroxyl groups is 1. The summed E-state index contributed by atoms with van der Waals surface area (Å²) >= 11 is 13.4. The van der Waals surface area contributed by atoms with Gasteiger partial charge in [0.25, 0.3) is 0 Å². The Kier molecular flexibility index (Phi) is 6.16. The predicted molar refractivity (Wildman–Crippen MR) is 101 cm³/mol. The lowest BCUT2D eigenvalue weighted by atomic mass is 10.2. The Bertz CT molecular complexity index is 767. The van der Waals surface area contributed by atoms with Crippen molar-refractivity contribution in [2.75, 3.05) is 0 Å². The van der Waals surface area contributed by atoms with Crippen LogP contribution in [0.5, 0.6) is 23.0 Å². The molecule has 0 aliphatic carbocycles. The molecule has 0 aromatic heterocycles. The minimum Gasteiger partial charge on any atom is -0.506 e. The van der Waals surface area contributed by atoms with Crippen LogP contribution in [-0.4, -0.2) is 11.1 Å². The van der Waals surface area contributed by atoms with Gasteiger partial charge < -0.3 is 14.6 Å². The van der Waals surface area contributed by atoms with Gasteiger partial charge in [0.1, 0.15) is 17.2 Å². The topological polar surface area (TPSA) is 55.8 Å².